The summed E-state index contributed by atoms with van der Waals surface area (Å²) >= 11 is 0. The van der Waals surface area contributed by atoms with Crippen molar-refractivity contribution in [2.45, 2.75) is 39.7 Å². The number of aryl methyl sites for hydroxylation is 1. The van der Waals surface area contributed by atoms with Crippen LogP contribution in [-0.2, 0) is 6.54 Å². The third-order valence-electron chi connectivity index (χ3n) is 6.42. The van der Waals surface area contributed by atoms with Gasteiger partial charge in [0.1, 0.15) is 11.6 Å². The summed E-state index contributed by atoms with van der Waals surface area (Å²) in [4.78, 5) is 9.42. The molecule has 2 aliphatic heterocycles. The van der Waals surface area contributed by atoms with Gasteiger partial charge in [0.2, 0.25) is 0 Å². The number of nitrogens with zero attached hydrogens (tertiary/aromatic N) is 4. The number of rotatable bonds is 7. The Kier molecular flexibility index (Phi) is 6.26. The summed E-state index contributed by atoms with van der Waals surface area (Å²) in [5.74, 6) is 2.87. The first-order valence-corrected chi connectivity index (χ1v) is 11.8. The Hall–Kier alpha value is -3.39. The molecule has 0 aromatic carbocycles. The summed E-state index contributed by atoms with van der Waals surface area (Å²) in [6.45, 7) is 7.58. The molecule has 0 spiro atoms. The van der Waals surface area contributed by atoms with E-state index in [2.05, 4.69) is 68.4 Å². The summed E-state index contributed by atoms with van der Waals surface area (Å²) < 4.78 is 2.06. The molecule has 0 aliphatic carbocycles. The van der Waals surface area contributed by atoms with Crippen molar-refractivity contribution in [2.24, 2.45) is 11.8 Å². The van der Waals surface area contributed by atoms with Gasteiger partial charge in [-0.3, -0.25) is 15.1 Å². The quantitative estimate of drug-likeness (QED) is 0.441. The van der Waals surface area contributed by atoms with Gasteiger partial charge >= 0.3 is 0 Å². The van der Waals surface area contributed by atoms with Gasteiger partial charge in [0.05, 0.1) is 17.2 Å². The Morgan fingerprint density at radius 3 is 2.85 bits per heavy atom. The predicted molar refractivity (Wildman–Crippen MR) is 132 cm³/mol. The SMILES string of the molecule is CC(C)C1=CNNC(Nc2ccc3ncc(-c4cnn(CCC5CCNCC5)c4)cc3n2)=C1. The van der Waals surface area contributed by atoms with Crippen molar-refractivity contribution in [1.82, 2.24) is 35.9 Å². The number of fused-ring (bicyclic) bond motifs is 1. The second kappa shape index (κ2) is 9.62. The number of piperidine rings is 1. The van der Waals surface area contributed by atoms with Gasteiger partial charge in [-0.15, -0.1) is 0 Å². The van der Waals surface area contributed by atoms with Crippen molar-refractivity contribution in [3.63, 3.8) is 0 Å². The number of aromatic nitrogens is 4. The van der Waals surface area contributed by atoms with Crippen LogP contribution in [0.1, 0.15) is 33.1 Å². The molecular weight excluding hydrogens is 412 g/mol. The summed E-state index contributed by atoms with van der Waals surface area (Å²) in [6, 6.07) is 6.03. The van der Waals surface area contributed by atoms with E-state index in [4.69, 9.17) is 4.98 Å². The second-order valence-corrected chi connectivity index (χ2v) is 9.18. The van der Waals surface area contributed by atoms with Gasteiger partial charge in [-0.25, -0.2) is 4.98 Å². The molecule has 0 amide bonds. The van der Waals surface area contributed by atoms with Crippen LogP contribution in [0, 0.1) is 11.8 Å². The third kappa shape index (κ3) is 5.17. The number of nitrogens with one attached hydrogen (secondary N) is 4. The first-order chi connectivity index (χ1) is 16.1. The average Bonchev–Trinajstić information content (AvgIpc) is 3.32. The molecular formula is C25H32N8. The summed E-state index contributed by atoms with van der Waals surface area (Å²) in [6.07, 6.45) is 13.7. The van der Waals surface area contributed by atoms with Crippen molar-refractivity contribution in [3.8, 4) is 11.1 Å². The molecule has 1 saturated heterocycles. The van der Waals surface area contributed by atoms with Crippen LogP contribution in [0.4, 0.5) is 5.82 Å². The Morgan fingerprint density at radius 2 is 2.00 bits per heavy atom. The van der Waals surface area contributed by atoms with E-state index in [1.165, 1.54) is 24.8 Å². The number of allylic oxidation sites excluding steroid dienone is 2. The number of hydrazine groups is 1. The Morgan fingerprint density at radius 1 is 1.12 bits per heavy atom. The molecule has 3 aromatic heterocycles. The van der Waals surface area contributed by atoms with Crippen molar-refractivity contribution in [3.05, 3.63) is 60.5 Å². The molecule has 172 valence electrons. The minimum absolute atomic E-state index is 0.438. The van der Waals surface area contributed by atoms with Crippen molar-refractivity contribution >= 4 is 16.9 Å². The molecule has 1 fully saturated rings. The van der Waals surface area contributed by atoms with Crippen LogP contribution in [0.2, 0.25) is 0 Å². The molecule has 0 unspecified atom stereocenters. The molecule has 5 heterocycles. The van der Waals surface area contributed by atoms with Gasteiger partial charge < -0.3 is 16.1 Å². The zero-order chi connectivity index (χ0) is 22.6. The minimum Gasteiger partial charge on any atom is -0.325 e. The molecule has 0 radical (unpaired) electrons. The van der Waals surface area contributed by atoms with E-state index in [0.717, 1.165) is 59.4 Å². The Bertz CT molecular complexity index is 1170. The van der Waals surface area contributed by atoms with E-state index in [1.54, 1.807) is 0 Å². The van der Waals surface area contributed by atoms with Crippen molar-refractivity contribution in [2.75, 3.05) is 18.4 Å². The fourth-order valence-electron chi connectivity index (χ4n) is 4.33. The maximum atomic E-state index is 4.79. The van der Waals surface area contributed by atoms with Gasteiger partial charge in [-0.2, -0.15) is 5.10 Å². The van der Waals surface area contributed by atoms with Crippen LogP contribution in [0.15, 0.2) is 60.5 Å². The zero-order valence-corrected chi connectivity index (χ0v) is 19.3. The van der Waals surface area contributed by atoms with E-state index in [9.17, 15) is 0 Å². The maximum absolute atomic E-state index is 4.79. The van der Waals surface area contributed by atoms with E-state index in [0.29, 0.717) is 5.92 Å². The van der Waals surface area contributed by atoms with Gasteiger partial charge in [0, 0.05) is 36.3 Å². The second-order valence-electron chi connectivity index (χ2n) is 9.18. The fraction of sp³-hybridized carbons (Fsp3) is 0.400. The highest BCUT2D eigenvalue weighted by molar-refractivity contribution is 5.81. The highest BCUT2D eigenvalue weighted by atomic mass is 15.4. The van der Waals surface area contributed by atoms with E-state index in [-0.39, 0.29) is 0 Å². The predicted octanol–water partition coefficient (Wildman–Crippen LogP) is 3.78. The first kappa shape index (κ1) is 21.5. The van der Waals surface area contributed by atoms with E-state index >= 15 is 0 Å². The lowest BCUT2D eigenvalue weighted by Crippen LogP contribution is -2.33. The van der Waals surface area contributed by atoms with Crippen LogP contribution >= 0.6 is 0 Å². The third-order valence-corrected chi connectivity index (χ3v) is 6.42. The van der Waals surface area contributed by atoms with Gasteiger partial charge in [-0.05, 0) is 74.0 Å². The Balaban J connectivity index is 1.30. The molecule has 2 aliphatic rings. The lowest BCUT2D eigenvalue weighted by molar-refractivity contribution is 0.332. The lowest BCUT2D eigenvalue weighted by atomic mass is 9.95. The highest BCUT2D eigenvalue weighted by Crippen LogP contribution is 2.24. The molecule has 8 nitrogen and oxygen atoms in total. The smallest absolute Gasteiger partial charge is 0.132 e. The molecule has 33 heavy (non-hydrogen) atoms. The largest absolute Gasteiger partial charge is 0.325 e. The van der Waals surface area contributed by atoms with Crippen molar-refractivity contribution in [1.29, 1.82) is 0 Å². The fourth-order valence-corrected chi connectivity index (χ4v) is 4.33. The standard InChI is InChI=1S/C25H32N8/c1-17(2)19-12-25(32-28-14-19)31-24-4-3-22-23(30-24)11-20(13-27-22)21-15-29-33(16-21)10-7-18-5-8-26-9-6-18/h3-4,11-18,26,28,32H,5-10H2,1-2H3,(H,30,31). The van der Waals surface area contributed by atoms with E-state index < -0.39 is 0 Å². The first-order valence-electron chi connectivity index (χ1n) is 11.8. The highest BCUT2D eigenvalue weighted by Gasteiger charge is 2.14. The number of hydrogen-bond donors (Lipinski definition) is 4. The molecule has 5 rings (SSSR count). The molecule has 8 heteroatoms. The normalized spacial score (nSPS) is 16.8. The van der Waals surface area contributed by atoms with Gasteiger partial charge in [0.15, 0.2) is 0 Å². The molecule has 3 aromatic rings. The van der Waals surface area contributed by atoms with Gasteiger partial charge in [0.25, 0.3) is 0 Å². The minimum atomic E-state index is 0.438. The van der Waals surface area contributed by atoms with Gasteiger partial charge in [-0.1, -0.05) is 13.8 Å². The maximum Gasteiger partial charge on any atom is 0.132 e. The lowest BCUT2D eigenvalue weighted by Gasteiger charge is -2.22. The van der Waals surface area contributed by atoms with Crippen LogP contribution in [0.3, 0.4) is 0 Å². The van der Waals surface area contributed by atoms with Crippen LogP contribution < -0.4 is 21.5 Å². The molecule has 0 bridgehead atoms. The summed E-state index contributed by atoms with van der Waals surface area (Å²) in [5, 5.41) is 11.4. The average molecular weight is 445 g/mol. The summed E-state index contributed by atoms with van der Waals surface area (Å²) in [5.41, 5.74) is 11.3. The van der Waals surface area contributed by atoms with E-state index in [1.807, 2.05) is 30.7 Å². The monoisotopic (exact) mass is 444 g/mol. The number of pyridine rings is 2. The van der Waals surface area contributed by atoms with Crippen LogP contribution in [0.25, 0.3) is 22.2 Å². The van der Waals surface area contributed by atoms with Crippen molar-refractivity contribution < 1.29 is 0 Å². The summed E-state index contributed by atoms with van der Waals surface area (Å²) in [7, 11) is 0. The number of anilines is 1. The zero-order valence-electron chi connectivity index (χ0n) is 19.3. The Labute approximate surface area is 194 Å². The van der Waals surface area contributed by atoms with Crippen LogP contribution in [0.5, 0.6) is 0 Å². The molecule has 4 N–H and O–H groups in total. The topological polar surface area (TPSA) is 91.7 Å². The molecule has 0 atom stereocenters. The van der Waals surface area contributed by atoms with Crippen LogP contribution in [-0.4, -0.2) is 32.8 Å². The molecule has 0 saturated carbocycles. The number of hydrogen-bond acceptors (Lipinski definition) is 7.